The van der Waals surface area contributed by atoms with Crippen molar-refractivity contribution in [3.8, 4) is 0 Å². The van der Waals surface area contributed by atoms with E-state index in [1.165, 1.54) is 56.9 Å². The Morgan fingerprint density at radius 1 is 1.07 bits per heavy atom. The highest BCUT2D eigenvalue weighted by Crippen LogP contribution is 2.68. The number of aliphatic hydroxyl groups excluding tert-OH is 1. The first-order chi connectivity index (χ1) is 13.7. The topological polar surface area (TPSA) is 46.2 Å². The molecule has 0 spiro atoms. The molecule has 2 nitrogen and oxygen atoms in total. The van der Waals surface area contributed by atoms with Gasteiger partial charge in [0.25, 0.3) is 0 Å². The summed E-state index contributed by atoms with van der Waals surface area (Å²) in [5.41, 5.74) is 9.22. The molecule has 0 aromatic heterocycles. The Hall–Kier alpha value is -0.0500. The molecular formula is C27H48ClNO. The zero-order valence-electron chi connectivity index (χ0n) is 20.0. The number of rotatable bonds is 5. The number of halogens is 1. The fourth-order valence-corrected chi connectivity index (χ4v) is 9.20. The number of hydrogen-bond donors (Lipinski definition) is 2. The first-order valence-electron chi connectivity index (χ1n) is 12.7. The van der Waals surface area contributed by atoms with E-state index in [4.69, 9.17) is 5.73 Å². The highest BCUT2D eigenvalue weighted by atomic mass is 35.5. The summed E-state index contributed by atoms with van der Waals surface area (Å²) in [6.45, 7) is 14.0. The molecule has 4 rings (SSSR count). The number of aliphatic hydroxyl groups is 1. The normalized spacial score (nSPS) is 48.7. The van der Waals surface area contributed by atoms with Gasteiger partial charge in [-0.2, -0.15) is 0 Å². The smallest absolute Gasteiger partial charge is 0.0543 e. The van der Waals surface area contributed by atoms with Crippen molar-refractivity contribution >= 4 is 12.4 Å². The Kier molecular flexibility index (Phi) is 7.43. The maximum atomic E-state index is 10.3. The van der Waals surface area contributed by atoms with Gasteiger partial charge in [0.05, 0.1) is 6.10 Å². The average Bonchev–Trinajstić information content (AvgIpc) is 3.00. The molecule has 3 heteroatoms. The lowest BCUT2D eigenvalue weighted by Gasteiger charge is -2.63. The Bertz CT molecular complexity index is 622. The van der Waals surface area contributed by atoms with Crippen molar-refractivity contribution in [1.29, 1.82) is 0 Å². The number of nitrogens with two attached hydrogens (primary N) is 1. The first kappa shape index (κ1) is 24.6. The molecule has 1 unspecified atom stereocenters. The monoisotopic (exact) mass is 437 g/mol. The van der Waals surface area contributed by atoms with Crippen molar-refractivity contribution in [2.75, 3.05) is 0 Å². The molecule has 0 radical (unpaired) electrons. The molecular weight excluding hydrogens is 390 g/mol. The van der Waals surface area contributed by atoms with Gasteiger partial charge in [-0.1, -0.05) is 32.8 Å². The van der Waals surface area contributed by atoms with E-state index in [1.807, 2.05) is 0 Å². The second-order valence-electron chi connectivity index (χ2n) is 12.4. The Morgan fingerprint density at radius 2 is 1.73 bits per heavy atom. The van der Waals surface area contributed by atoms with E-state index in [0.29, 0.717) is 22.8 Å². The third-order valence-electron chi connectivity index (χ3n) is 10.8. The number of fused-ring (bicyclic) bond motifs is 5. The third kappa shape index (κ3) is 4.03. The summed E-state index contributed by atoms with van der Waals surface area (Å²) < 4.78 is 0. The molecule has 0 amide bonds. The van der Waals surface area contributed by atoms with Gasteiger partial charge >= 0.3 is 0 Å². The molecule has 0 bridgehead atoms. The van der Waals surface area contributed by atoms with Crippen LogP contribution in [-0.4, -0.2) is 17.3 Å². The third-order valence-corrected chi connectivity index (χ3v) is 10.8. The lowest BCUT2D eigenvalue weighted by atomic mass is 9.43. The Morgan fingerprint density at radius 3 is 2.43 bits per heavy atom. The molecule has 0 saturated heterocycles. The second kappa shape index (κ2) is 9.06. The minimum atomic E-state index is -0.0819. The molecule has 10 atom stereocenters. The van der Waals surface area contributed by atoms with Crippen LogP contribution in [-0.2, 0) is 0 Å². The van der Waals surface area contributed by atoms with E-state index in [-0.39, 0.29) is 18.5 Å². The molecule has 4 fully saturated rings. The van der Waals surface area contributed by atoms with E-state index in [0.717, 1.165) is 48.9 Å². The van der Waals surface area contributed by atoms with Crippen LogP contribution in [0.3, 0.4) is 0 Å². The van der Waals surface area contributed by atoms with Crippen molar-refractivity contribution < 1.29 is 5.11 Å². The summed E-state index contributed by atoms with van der Waals surface area (Å²) in [5, 5.41) is 10.3. The molecule has 0 aliphatic heterocycles. The van der Waals surface area contributed by atoms with Gasteiger partial charge in [0.15, 0.2) is 0 Å². The van der Waals surface area contributed by atoms with Crippen LogP contribution >= 0.6 is 12.4 Å². The first-order valence-corrected chi connectivity index (χ1v) is 12.7. The van der Waals surface area contributed by atoms with E-state index in [2.05, 4.69) is 34.3 Å². The average molecular weight is 438 g/mol. The molecule has 174 valence electrons. The maximum absolute atomic E-state index is 10.3. The minimum absolute atomic E-state index is 0. The molecule has 0 aromatic rings. The van der Waals surface area contributed by atoms with Crippen molar-refractivity contribution in [2.24, 2.45) is 52.1 Å². The van der Waals surface area contributed by atoms with Crippen LogP contribution in [0.15, 0.2) is 12.2 Å². The van der Waals surface area contributed by atoms with Crippen molar-refractivity contribution in [3.63, 3.8) is 0 Å². The molecule has 0 aromatic carbocycles. The quantitative estimate of drug-likeness (QED) is 0.467. The van der Waals surface area contributed by atoms with Crippen molar-refractivity contribution in [3.05, 3.63) is 12.2 Å². The summed E-state index contributed by atoms with van der Waals surface area (Å²) in [6, 6.07) is 0.352. The maximum Gasteiger partial charge on any atom is 0.0543 e. The zero-order chi connectivity index (χ0) is 21.0. The molecule has 3 N–H and O–H groups in total. The van der Waals surface area contributed by atoms with E-state index in [9.17, 15) is 5.11 Å². The highest BCUT2D eigenvalue weighted by molar-refractivity contribution is 5.85. The number of hydrogen-bond acceptors (Lipinski definition) is 2. The van der Waals surface area contributed by atoms with Crippen LogP contribution in [0.5, 0.6) is 0 Å². The van der Waals surface area contributed by atoms with Crippen LogP contribution < -0.4 is 5.73 Å². The molecule has 4 saturated carbocycles. The van der Waals surface area contributed by atoms with Crippen LogP contribution in [0.1, 0.15) is 98.3 Å². The largest absolute Gasteiger partial charge is 0.393 e. The van der Waals surface area contributed by atoms with Gasteiger partial charge in [-0.15, -0.1) is 19.0 Å². The molecule has 30 heavy (non-hydrogen) atoms. The van der Waals surface area contributed by atoms with Crippen LogP contribution in [0.2, 0.25) is 0 Å². The lowest BCUT2D eigenvalue weighted by molar-refractivity contribution is -0.136. The number of allylic oxidation sites excluding steroid dienone is 1. The van der Waals surface area contributed by atoms with Gasteiger partial charge < -0.3 is 10.8 Å². The Balaban J connectivity index is 0.00000256. The SMILES string of the molecule is C=C(C)CCC[C@@H](C)[C@H]1CC[C@H]2[C@@H]3[C@H](N)CC4C[C@@H](O)CC[C@]4(C)[C@H]3CC[C@]12C.Cl. The zero-order valence-corrected chi connectivity index (χ0v) is 20.9. The predicted molar refractivity (Wildman–Crippen MR) is 130 cm³/mol. The van der Waals surface area contributed by atoms with E-state index in [1.54, 1.807) is 0 Å². The van der Waals surface area contributed by atoms with Gasteiger partial charge in [-0.25, -0.2) is 0 Å². The van der Waals surface area contributed by atoms with E-state index >= 15 is 0 Å². The van der Waals surface area contributed by atoms with Gasteiger partial charge in [-0.05, 0) is 117 Å². The molecule has 4 aliphatic rings. The molecule has 4 aliphatic carbocycles. The summed E-state index contributed by atoms with van der Waals surface area (Å²) >= 11 is 0. The van der Waals surface area contributed by atoms with Gasteiger partial charge in [0.1, 0.15) is 0 Å². The summed E-state index contributed by atoms with van der Waals surface area (Å²) in [5.74, 6) is 4.69. The highest BCUT2D eigenvalue weighted by Gasteiger charge is 2.62. The van der Waals surface area contributed by atoms with Gasteiger partial charge in [-0.3, -0.25) is 0 Å². The summed E-state index contributed by atoms with van der Waals surface area (Å²) in [7, 11) is 0. The van der Waals surface area contributed by atoms with Crippen LogP contribution in [0.25, 0.3) is 0 Å². The van der Waals surface area contributed by atoms with Crippen molar-refractivity contribution in [1.82, 2.24) is 0 Å². The minimum Gasteiger partial charge on any atom is -0.393 e. The molecule has 0 heterocycles. The standard InChI is InChI=1S/C27H47NO.ClH/c1-17(2)7-6-8-18(3)21-9-10-22-25-23(12-14-27(21,22)5)26(4)13-11-20(29)15-19(26)16-24(25)28;/h18-25,29H,1,6-16,28H2,2-5H3;1H/t18-,19?,20+,21-,22+,23+,24-,25+,26+,27-;/m1./s1. The van der Waals surface area contributed by atoms with Gasteiger partial charge in [0, 0.05) is 6.04 Å². The van der Waals surface area contributed by atoms with Crippen LogP contribution in [0, 0.1) is 46.3 Å². The predicted octanol–water partition coefficient (Wildman–Crippen LogP) is 6.75. The lowest BCUT2D eigenvalue weighted by Crippen LogP contribution is -2.60. The Labute approximate surface area is 192 Å². The second-order valence-corrected chi connectivity index (χ2v) is 12.4. The van der Waals surface area contributed by atoms with Crippen LogP contribution in [0.4, 0.5) is 0 Å². The fraction of sp³-hybridized carbons (Fsp3) is 0.926. The van der Waals surface area contributed by atoms with Crippen molar-refractivity contribution in [2.45, 2.75) is 110 Å². The summed E-state index contributed by atoms with van der Waals surface area (Å²) in [4.78, 5) is 0. The van der Waals surface area contributed by atoms with Gasteiger partial charge in [0.2, 0.25) is 0 Å². The van der Waals surface area contributed by atoms with E-state index < -0.39 is 0 Å². The summed E-state index contributed by atoms with van der Waals surface area (Å²) in [6.07, 6.45) is 13.8. The fourth-order valence-electron chi connectivity index (χ4n) is 9.20.